The fourth-order valence-electron chi connectivity index (χ4n) is 3.34. The second kappa shape index (κ2) is 10.3. The summed E-state index contributed by atoms with van der Waals surface area (Å²) in [6.07, 6.45) is 1.45. The molecule has 34 heavy (non-hydrogen) atoms. The Morgan fingerprint density at radius 1 is 1.00 bits per heavy atom. The molecule has 0 bridgehead atoms. The highest BCUT2D eigenvalue weighted by Gasteiger charge is 2.35. The van der Waals surface area contributed by atoms with Crippen LogP contribution in [-0.4, -0.2) is 24.0 Å². The maximum atomic E-state index is 13.2. The third-order valence-electron chi connectivity index (χ3n) is 5.01. The smallest absolute Gasteiger partial charge is 0.270 e. The number of anilines is 1. The number of hydrogen-bond donors (Lipinski definition) is 1. The third-order valence-corrected chi connectivity index (χ3v) is 6.10. The first-order chi connectivity index (χ1) is 16.4. The molecule has 0 unspecified atom stereocenters. The zero-order valence-corrected chi connectivity index (χ0v) is 20.2. The largest absolute Gasteiger partial charge is 0.493 e. The van der Waals surface area contributed by atoms with E-state index in [4.69, 9.17) is 44.9 Å². The Morgan fingerprint density at radius 2 is 1.76 bits per heavy atom. The molecular formula is C25H18Cl2N2O4S. The summed E-state index contributed by atoms with van der Waals surface area (Å²) in [4.78, 5) is 27.0. The number of nitrogens with zero attached hydrogens (tertiary/aromatic N) is 1. The van der Waals surface area contributed by atoms with Crippen molar-refractivity contribution < 1.29 is 19.1 Å². The molecule has 1 fully saturated rings. The molecule has 6 nitrogen and oxygen atoms in total. The van der Waals surface area contributed by atoms with Crippen LogP contribution in [0.1, 0.15) is 11.1 Å². The van der Waals surface area contributed by atoms with Gasteiger partial charge in [0, 0.05) is 0 Å². The van der Waals surface area contributed by atoms with Crippen molar-refractivity contribution in [2.45, 2.75) is 6.61 Å². The predicted molar refractivity (Wildman–Crippen MR) is 136 cm³/mol. The SMILES string of the molecule is COc1cc(/C=C2\C(=O)NC(=S)N(c3cccc(Cl)c3Cl)C2=O)ccc1OCc1ccccc1. The molecule has 3 aromatic rings. The Bertz CT molecular complexity index is 1310. The molecule has 172 valence electrons. The maximum Gasteiger partial charge on any atom is 0.270 e. The number of ether oxygens (including phenoxy) is 2. The lowest BCUT2D eigenvalue weighted by Crippen LogP contribution is -2.54. The van der Waals surface area contributed by atoms with Gasteiger partial charge in [0.25, 0.3) is 11.8 Å². The quantitative estimate of drug-likeness (QED) is 0.271. The van der Waals surface area contributed by atoms with Gasteiger partial charge in [-0.3, -0.25) is 19.8 Å². The van der Waals surface area contributed by atoms with Crippen LogP contribution in [-0.2, 0) is 16.2 Å². The van der Waals surface area contributed by atoms with Crippen molar-refractivity contribution >= 4 is 64.1 Å². The third kappa shape index (κ3) is 4.92. The topological polar surface area (TPSA) is 67.9 Å². The normalized spacial score (nSPS) is 14.9. The molecule has 0 aliphatic carbocycles. The second-order valence-corrected chi connectivity index (χ2v) is 8.39. The minimum Gasteiger partial charge on any atom is -0.493 e. The summed E-state index contributed by atoms with van der Waals surface area (Å²) in [5, 5.41) is 2.85. The zero-order valence-electron chi connectivity index (χ0n) is 17.9. The number of benzene rings is 3. The Balaban J connectivity index is 1.63. The van der Waals surface area contributed by atoms with Gasteiger partial charge in [-0.25, -0.2) is 0 Å². The first kappa shape index (κ1) is 23.8. The standard InChI is InChI=1S/C25H18Cl2N2O4S/c1-32-21-13-16(10-11-20(21)33-14-15-6-3-2-4-7-15)12-17-23(30)28-25(34)29(24(17)31)19-9-5-8-18(26)22(19)27/h2-13H,14H2,1H3,(H,28,30,34)/b17-12+. The molecule has 9 heteroatoms. The number of methoxy groups -OCH3 is 1. The highest BCUT2D eigenvalue weighted by atomic mass is 35.5. The number of halogens is 2. The molecule has 1 aliphatic rings. The fourth-order valence-corrected chi connectivity index (χ4v) is 3.99. The van der Waals surface area contributed by atoms with Crippen LogP contribution in [0, 0.1) is 0 Å². The van der Waals surface area contributed by atoms with Crippen LogP contribution in [0.3, 0.4) is 0 Å². The van der Waals surface area contributed by atoms with E-state index in [1.54, 1.807) is 36.4 Å². The second-order valence-electron chi connectivity index (χ2n) is 7.22. The van der Waals surface area contributed by atoms with Crippen LogP contribution in [0.15, 0.2) is 72.3 Å². The molecule has 0 spiro atoms. The number of hydrogen-bond acceptors (Lipinski definition) is 5. The van der Waals surface area contributed by atoms with E-state index in [-0.39, 0.29) is 26.4 Å². The van der Waals surface area contributed by atoms with Crippen molar-refractivity contribution in [1.29, 1.82) is 0 Å². The first-order valence-electron chi connectivity index (χ1n) is 10.1. The van der Waals surface area contributed by atoms with Gasteiger partial charge >= 0.3 is 0 Å². The van der Waals surface area contributed by atoms with Crippen molar-refractivity contribution in [3.63, 3.8) is 0 Å². The Kier molecular flexibility index (Phi) is 7.17. The molecule has 0 aromatic heterocycles. The minimum absolute atomic E-state index is 0.0847. The molecule has 1 N–H and O–H groups in total. The molecule has 1 heterocycles. The van der Waals surface area contributed by atoms with Gasteiger partial charge in [0.15, 0.2) is 16.6 Å². The van der Waals surface area contributed by atoms with Gasteiger partial charge < -0.3 is 9.47 Å². The molecular weight excluding hydrogens is 495 g/mol. The highest BCUT2D eigenvalue weighted by Crippen LogP contribution is 2.35. The van der Waals surface area contributed by atoms with E-state index in [0.29, 0.717) is 23.7 Å². The van der Waals surface area contributed by atoms with Gasteiger partial charge in [-0.1, -0.05) is 65.7 Å². The molecule has 0 atom stereocenters. The predicted octanol–water partition coefficient (Wildman–Crippen LogP) is 5.41. The van der Waals surface area contributed by atoms with Crippen LogP contribution < -0.4 is 19.7 Å². The molecule has 0 radical (unpaired) electrons. The number of nitrogens with one attached hydrogen (secondary N) is 1. The average Bonchev–Trinajstić information content (AvgIpc) is 2.84. The highest BCUT2D eigenvalue weighted by molar-refractivity contribution is 7.80. The number of thiocarbonyl (C=S) groups is 1. The lowest BCUT2D eigenvalue weighted by Gasteiger charge is -2.29. The fraction of sp³-hybridized carbons (Fsp3) is 0.0800. The number of carbonyl (C=O) groups is 2. The number of carbonyl (C=O) groups excluding carboxylic acids is 2. The zero-order chi connectivity index (χ0) is 24.2. The molecule has 1 aliphatic heterocycles. The maximum absolute atomic E-state index is 13.2. The lowest BCUT2D eigenvalue weighted by atomic mass is 10.1. The van der Waals surface area contributed by atoms with Crippen LogP contribution in [0.5, 0.6) is 11.5 Å². The summed E-state index contributed by atoms with van der Waals surface area (Å²) in [5.41, 5.74) is 1.73. The van der Waals surface area contributed by atoms with Gasteiger partial charge in [-0.15, -0.1) is 0 Å². The summed E-state index contributed by atoms with van der Waals surface area (Å²) in [7, 11) is 1.52. The summed E-state index contributed by atoms with van der Waals surface area (Å²) in [6, 6.07) is 19.7. The summed E-state index contributed by atoms with van der Waals surface area (Å²) in [5.74, 6) is -0.255. The molecule has 3 aromatic carbocycles. The van der Waals surface area contributed by atoms with Crippen LogP contribution >= 0.6 is 35.4 Å². The number of amides is 2. The summed E-state index contributed by atoms with van der Waals surface area (Å²) < 4.78 is 11.3. The van der Waals surface area contributed by atoms with Crippen molar-refractivity contribution in [2.75, 3.05) is 12.0 Å². The Labute approximate surface area is 211 Å². The molecule has 1 saturated heterocycles. The van der Waals surface area contributed by atoms with Crippen LogP contribution in [0.2, 0.25) is 10.0 Å². The van der Waals surface area contributed by atoms with Crippen LogP contribution in [0.4, 0.5) is 5.69 Å². The first-order valence-corrected chi connectivity index (χ1v) is 11.3. The average molecular weight is 513 g/mol. The van der Waals surface area contributed by atoms with Gasteiger partial charge in [0.05, 0.1) is 22.8 Å². The van der Waals surface area contributed by atoms with Gasteiger partial charge in [-0.2, -0.15) is 0 Å². The summed E-state index contributed by atoms with van der Waals surface area (Å²) >= 11 is 17.6. The number of rotatable bonds is 6. The molecule has 2 amide bonds. The van der Waals surface area contributed by atoms with E-state index < -0.39 is 11.8 Å². The molecule has 0 saturated carbocycles. The van der Waals surface area contributed by atoms with E-state index in [2.05, 4.69) is 5.32 Å². The molecule has 4 rings (SSSR count). The lowest BCUT2D eigenvalue weighted by molar-refractivity contribution is -0.122. The van der Waals surface area contributed by atoms with Gasteiger partial charge in [0.1, 0.15) is 12.2 Å². The van der Waals surface area contributed by atoms with E-state index in [1.807, 2.05) is 30.3 Å². The van der Waals surface area contributed by atoms with Crippen molar-refractivity contribution in [1.82, 2.24) is 5.32 Å². The Hall–Kier alpha value is -3.39. The van der Waals surface area contributed by atoms with Crippen LogP contribution in [0.25, 0.3) is 6.08 Å². The monoisotopic (exact) mass is 512 g/mol. The van der Waals surface area contributed by atoms with E-state index >= 15 is 0 Å². The van der Waals surface area contributed by atoms with E-state index in [9.17, 15) is 9.59 Å². The van der Waals surface area contributed by atoms with E-state index in [0.717, 1.165) is 10.5 Å². The summed E-state index contributed by atoms with van der Waals surface area (Å²) in [6.45, 7) is 0.366. The van der Waals surface area contributed by atoms with Crippen molar-refractivity contribution in [3.8, 4) is 11.5 Å². The van der Waals surface area contributed by atoms with Gasteiger partial charge in [0.2, 0.25) is 0 Å². The minimum atomic E-state index is -0.624. The van der Waals surface area contributed by atoms with Gasteiger partial charge in [-0.05, 0) is 53.7 Å². The van der Waals surface area contributed by atoms with Crippen molar-refractivity contribution in [2.24, 2.45) is 0 Å². The Morgan fingerprint density at radius 3 is 2.50 bits per heavy atom. The van der Waals surface area contributed by atoms with E-state index in [1.165, 1.54) is 13.2 Å². The van der Waals surface area contributed by atoms with Crippen molar-refractivity contribution in [3.05, 3.63) is 93.5 Å².